The highest BCUT2D eigenvalue weighted by Crippen LogP contribution is 2.26. The van der Waals surface area contributed by atoms with E-state index in [9.17, 15) is 4.79 Å². The van der Waals surface area contributed by atoms with Crippen LogP contribution in [0.3, 0.4) is 0 Å². The molecule has 25 heavy (non-hydrogen) atoms. The predicted octanol–water partition coefficient (Wildman–Crippen LogP) is 4.98. The molecule has 2 aromatic rings. The number of carbonyl (C=O) groups excluding carboxylic acids is 1. The van der Waals surface area contributed by atoms with Crippen molar-refractivity contribution in [3.63, 3.8) is 0 Å². The van der Waals surface area contributed by atoms with Crippen LogP contribution in [0, 0.1) is 0 Å². The van der Waals surface area contributed by atoms with Crippen molar-refractivity contribution >= 4 is 40.6 Å². The van der Waals surface area contributed by atoms with E-state index in [0.717, 1.165) is 18.5 Å². The van der Waals surface area contributed by atoms with Crippen LogP contribution in [0.5, 0.6) is 0 Å². The van der Waals surface area contributed by atoms with Gasteiger partial charge in [-0.1, -0.05) is 48.9 Å². The van der Waals surface area contributed by atoms with Crippen LogP contribution < -0.4 is 10.6 Å². The van der Waals surface area contributed by atoms with Gasteiger partial charge in [-0.3, -0.25) is 4.79 Å². The largest absolute Gasteiger partial charge is 0.348 e. The first-order valence-electron chi connectivity index (χ1n) is 8.47. The van der Waals surface area contributed by atoms with Gasteiger partial charge in [0.2, 0.25) is 0 Å². The number of nitrogens with zero attached hydrogens (tertiary/aromatic N) is 2. The molecule has 3 rings (SSSR count). The number of rotatable bonds is 4. The number of aromatic nitrogens is 2. The fraction of sp³-hybridized carbons (Fsp3) is 0.389. The standard InChI is InChI=1S/C18H20Cl2N4O/c19-14-8-7-13(9-15(14)20)23-17-11-21-16(10-22-17)18(25)24-12-5-3-1-2-4-6-12/h7-12H,1-6H2,(H,22,23)(H,24,25). The van der Waals surface area contributed by atoms with Gasteiger partial charge in [-0.05, 0) is 31.0 Å². The van der Waals surface area contributed by atoms with E-state index >= 15 is 0 Å². The van der Waals surface area contributed by atoms with Crippen molar-refractivity contribution in [1.29, 1.82) is 0 Å². The summed E-state index contributed by atoms with van der Waals surface area (Å²) in [5.41, 5.74) is 1.07. The molecule has 1 fully saturated rings. The van der Waals surface area contributed by atoms with Crippen molar-refractivity contribution in [2.75, 3.05) is 5.32 Å². The normalized spacial score (nSPS) is 15.4. The molecule has 1 aromatic carbocycles. The Morgan fingerprint density at radius 1 is 1.00 bits per heavy atom. The maximum Gasteiger partial charge on any atom is 0.271 e. The zero-order valence-electron chi connectivity index (χ0n) is 13.8. The van der Waals surface area contributed by atoms with E-state index in [1.54, 1.807) is 18.2 Å². The lowest BCUT2D eigenvalue weighted by molar-refractivity contribution is 0.0928. The highest BCUT2D eigenvalue weighted by molar-refractivity contribution is 6.42. The van der Waals surface area contributed by atoms with Crippen molar-refractivity contribution in [3.8, 4) is 0 Å². The summed E-state index contributed by atoms with van der Waals surface area (Å²) in [5, 5.41) is 7.09. The van der Waals surface area contributed by atoms with Crippen molar-refractivity contribution in [2.24, 2.45) is 0 Å². The second-order valence-corrected chi connectivity index (χ2v) is 7.02. The van der Waals surface area contributed by atoms with Crippen molar-refractivity contribution in [2.45, 2.75) is 44.6 Å². The smallest absolute Gasteiger partial charge is 0.271 e. The molecule has 1 aliphatic rings. The summed E-state index contributed by atoms with van der Waals surface area (Å²) in [6.07, 6.45) is 9.93. The Morgan fingerprint density at radius 2 is 1.76 bits per heavy atom. The van der Waals surface area contributed by atoms with Crippen LogP contribution in [-0.2, 0) is 0 Å². The van der Waals surface area contributed by atoms with E-state index in [1.807, 2.05) is 0 Å². The van der Waals surface area contributed by atoms with Gasteiger partial charge in [0.15, 0.2) is 0 Å². The summed E-state index contributed by atoms with van der Waals surface area (Å²) >= 11 is 11.9. The molecule has 0 atom stereocenters. The number of nitrogens with one attached hydrogen (secondary N) is 2. The van der Waals surface area contributed by atoms with Gasteiger partial charge in [0.05, 0.1) is 22.4 Å². The molecule has 0 spiro atoms. The Kier molecular flexibility index (Phi) is 6.10. The SMILES string of the molecule is O=C(NC1CCCCCC1)c1cnc(Nc2ccc(Cl)c(Cl)c2)cn1. The van der Waals surface area contributed by atoms with Gasteiger partial charge in [0.1, 0.15) is 11.5 Å². The Morgan fingerprint density at radius 3 is 2.40 bits per heavy atom. The van der Waals surface area contributed by atoms with Gasteiger partial charge in [-0.15, -0.1) is 0 Å². The summed E-state index contributed by atoms with van der Waals surface area (Å²) in [6, 6.07) is 5.44. The monoisotopic (exact) mass is 378 g/mol. The van der Waals surface area contributed by atoms with E-state index in [1.165, 1.54) is 38.1 Å². The quantitative estimate of drug-likeness (QED) is 0.736. The predicted molar refractivity (Wildman–Crippen MR) is 101 cm³/mol. The molecule has 0 saturated heterocycles. The molecule has 1 amide bonds. The van der Waals surface area contributed by atoms with E-state index in [-0.39, 0.29) is 11.9 Å². The molecule has 1 aliphatic carbocycles. The van der Waals surface area contributed by atoms with E-state index in [0.29, 0.717) is 21.6 Å². The van der Waals surface area contributed by atoms with Gasteiger partial charge in [-0.25, -0.2) is 9.97 Å². The maximum absolute atomic E-state index is 12.3. The van der Waals surface area contributed by atoms with E-state index < -0.39 is 0 Å². The van der Waals surface area contributed by atoms with Gasteiger partial charge in [-0.2, -0.15) is 0 Å². The molecule has 132 valence electrons. The topological polar surface area (TPSA) is 66.9 Å². The number of hydrogen-bond donors (Lipinski definition) is 2. The Bertz CT molecular complexity index is 728. The summed E-state index contributed by atoms with van der Waals surface area (Å²) in [7, 11) is 0. The fourth-order valence-electron chi connectivity index (χ4n) is 2.91. The van der Waals surface area contributed by atoms with Gasteiger partial charge < -0.3 is 10.6 Å². The number of amides is 1. The van der Waals surface area contributed by atoms with Crippen LogP contribution in [0.25, 0.3) is 0 Å². The highest BCUT2D eigenvalue weighted by Gasteiger charge is 2.16. The average molecular weight is 379 g/mol. The van der Waals surface area contributed by atoms with Crippen LogP contribution in [0.2, 0.25) is 10.0 Å². The molecule has 0 aliphatic heterocycles. The van der Waals surface area contributed by atoms with Crippen molar-refractivity contribution < 1.29 is 4.79 Å². The molecule has 1 saturated carbocycles. The van der Waals surface area contributed by atoms with Crippen LogP contribution in [0.1, 0.15) is 49.0 Å². The molecular weight excluding hydrogens is 359 g/mol. The minimum absolute atomic E-state index is 0.166. The zero-order valence-corrected chi connectivity index (χ0v) is 15.3. The molecular formula is C18H20Cl2N4O. The van der Waals surface area contributed by atoms with Gasteiger partial charge in [0, 0.05) is 11.7 Å². The van der Waals surface area contributed by atoms with E-state index in [2.05, 4.69) is 20.6 Å². The molecule has 2 N–H and O–H groups in total. The second kappa shape index (κ2) is 8.50. The lowest BCUT2D eigenvalue weighted by Gasteiger charge is -2.15. The number of carbonyl (C=O) groups is 1. The minimum atomic E-state index is -0.166. The number of benzene rings is 1. The number of anilines is 2. The third-order valence-electron chi connectivity index (χ3n) is 4.27. The Balaban J connectivity index is 1.60. The molecule has 0 bridgehead atoms. The molecule has 0 radical (unpaired) electrons. The lowest BCUT2D eigenvalue weighted by Crippen LogP contribution is -2.34. The van der Waals surface area contributed by atoms with Crippen LogP contribution in [-0.4, -0.2) is 21.9 Å². The second-order valence-electron chi connectivity index (χ2n) is 6.20. The van der Waals surface area contributed by atoms with Gasteiger partial charge in [0.25, 0.3) is 5.91 Å². The highest BCUT2D eigenvalue weighted by atomic mass is 35.5. The Hall–Kier alpha value is -1.85. The van der Waals surface area contributed by atoms with Crippen molar-refractivity contribution in [1.82, 2.24) is 15.3 Å². The first-order chi connectivity index (χ1) is 12.1. The summed E-state index contributed by atoms with van der Waals surface area (Å²) < 4.78 is 0. The molecule has 1 heterocycles. The fourth-order valence-corrected chi connectivity index (χ4v) is 3.21. The summed E-state index contributed by atoms with van der Waals surface area (Å²) in [5.74, 6) is 0.366. The summed E-state index contributed by atoms with van der Waals surface area (Å²) in [6.45, 7) is 0. The first kappa shape index (κ1) is 18.0. The number of halogens is 2. The number of hydrogen-bond acceptors (Lipinski definition) is 4. The Labute approximate surface area is 157 Å². The third-order valence-corrected chi connectivity index (χ3v) is 5.01. The minimum Gasteiger partial charge on any atom is -0.348 e. The van der Waals surface area contributed by atoms with Gasteiger partial charge >= 0.3 is 0 Å². The van der Waals surface area contributed by atoms with Crippen LogP contribution >= 0.6 is 23.2 Å². The lowest BCUT2D eigenvalue weighted by atomic mass is 10.1. The third kappa shape index (κ3) is 5.06. The first-order valence-corrected chi connectivity index (χ1v) is 9.22. The molecule has 5 nitrogen and oxygen atoms in total. The maximum atomic E-state index is 12.3. The van der Waals surface area contributed by atoms with Crippen molar-refractivity contribution in [3.05, 3.63) is 46.3 Å². The molecule has 0 unspecified atom stereocenters. The molecule has 1 aromatic heterocycles. The average Bonchev–Trinajstić information content (AvgIpc) is 2.87. The van der Waals surface area contributed by atoms with E-state index in [4.69, 9.17) is 23.2 Å². The summed E-state index contributed by atoms with van der Waals surface area (Å²) in [4.78, 5) is 20.8. The molecule has 7 heteroatoms. The zero-order chi connectivity index (χ0) is 17.6. The van der Waals surface area contributed by atoms with Crippen LogP contribution in [0.15, 0.2) is 30.6 Å². The van der Waals surface area contributed by atoms with Crippen LogP contribution in [0.4, 0.5) is 11.5 Å².